The molecule has 0 radical (unpaired) electrons. The lowest BCUT2D eigenvalue weighted by molar-refractivity contribution is 0.404. The molecule has 28 heavy (non-hydrogen) atoms. The molecule has 3 aromatic heterocycles. The summed E-state index contributed by atoms with van der Waals surface area (Å²) in [5.74, 6) is -0.0704. The Labute approximate surface area is 159 Å². The molecular weight excluding hydrogens is 354 g/mol. The third kappa shape index (κ3) is 2.66. The van der Waals surface area contributed by atoms with Crippen LogP contribution in [0, 0.1) is 0 Å². The predicted octanol–water partition coefficient (Wildman–Crippen LogP) is 3.60. The van der Waals surface area contributed by atoms with Crippen molar-refractivity contribution in [1.82, 2.24) is 19.4 Å². The first kappa shape index (κ1) is 16.1. The molecule has 2 aromatic carbocycles. The topological polar surface area (TPSA) is 110 Å². The average Bonchev–Trinajstić information content (AvgIpc) is 3.13. The van der Waals surface area contributed by atoms with Gasteiger partial charge >= 0.3 is 0 Å². The van der Waals surface area contributed by atoms with Crippen molar-refractivity contribution in [3.8, 4) is 33.9 Å². The van der Waals surface area contributed by atoms with Gasteiger partial charge in [0.25, 0.3) is 0 Å². The summed E-state index contributed by atoms with van der Waals surface area (Å²) in [6, 6.07) is 14.5. The van der Waals surface area contributed by atoms with Gasteiger partial charge in [-0.25, -0.2) is 15.0 Å². The van der Waals surface area contributed by atoms with E-state index in [0.29, 0.717) is 5.69 Å². The number of hydrogen-bond donors (Lipinski definition) is 3. The van der Waals surface area contributed by atoms with Crippen LogP contribution in [0.15, 0.2) is 67.1 Å². The molecule has 0 fully saturated rings. The minimum absolute atomic E-state index is 0.156. The highest BCUT2D eigenvalue weighted by molar-refractivity contribution is 5.84. The highest BCUT2D eigenvalue weighted by Gasteiger charge is 2.09. The zero-order chi connectivity index (χ0) is 19.3. The lowest BCUT2D eigenvalue weighted by atomic mass is 10.1. The molecule has 7 heteroatoms. The molecule has 5 aromatic rings. The summed E-state index contributed by atoms with van der Waals surface area (Å²) in [5.41, 5.74) is 10.7. The maximum absolute atomic E-state index is 9.73. The van der Waals surface area contributed by atoms with Gasteiger partial charge in [-0.05, 0) is 53.6 Å². The minimum Gasteiger partial charge on any atom is -0.504 e. The number of pyridine rings is 1. The molecule has 0 aliphatic carbocycles. The highest BCUT2D eigenvalue weighted by Crippen LogP contribution is 2.31. The van der Waals surface area contributed by atoms with Gasteiger partial charge < -0.3 is 20.3 Å². The van der Waals surface area contributed by atoms with Crippen molar-refractivity contribution in [2.75, 3.05) is 5.73 Å². The SMILES string of the molecule is Nc1ncc2cc(-c3ccc4nc(-c5ccc(O)c(O)c5)cn4c3)ccc2n1. The van der Waals surface area contributed by atoms with Crippen LogP contribution < -0.4 is 5.73 Å². The molecule has 0 amide bonds. The smallest absolute Gasteiger partial charge is 0.220 e. The van der Waals surface area contributed by atoms with Crippen molar-refractivity contribution in [1.29, 1.82) is 0 Å². The second kappa shape index (κ2) is 5.95. The van der Waals surface area contributed by atoms with Crippen molar-refractivity contribution >= 4 is 22.5 Å². The number of fused-ring (bicyclic) bond motifs is 2. The number of aromatic hydroxyl groups is 2. The first-order valence-corrected chi connectivity index (χ1v) is 8.60. The van der Waals surface area contributed by atoms with E-state index in [4.69, 9.17) is 5.73 Å². The molecule has 4 N–H and O–H groups in total. The Hall–Kier alpha value is -4.13. The molecule has 0 saturated carbocycles. The second-order valence-electron chi connectivity index (χ2n) is 6.51. The Balaban J connectivity index is 1.58. The Kier molecular flexibility index (Phi) is 3.42. The summed E-state index contributed by atoms with van der Waals surface area (Å²) in [4.78, 5) is 12.9. The summed E-state index contributed by atoms with van der Waals surface area (Å²) >= 11 is 0. The van der Waals surface area contributed by atoms with Gasteiger partial charge in [-0.15, -0.1) is 0 Å². The van der Waals surface area contributed by atoms with E-state index in [-0.39, 0.29) is 17.4 Å². The number of anilines is 1. The zero-order valence-corrected chi connectivity index (χ0v) is 14.6. The van der Waals surface area contributed by atoms with Crippen molar-refractivity contribution in [2.24, 2.45) is 0 Å². The van der Waals surface area contributed by atoms with Crippen LogP contribution in [-0.2, 0) is 0 Å². The number of phenols is 2. The van der Waals surface area contributed by atoms with Crippen LogP contribution in [0.3, 0.4) is 0 Å². The Bertz CT molecular complexity index is 1360. The summed E-state index contributed by atoms with van der Waals surface area (Å²) < 4.78 is 1.93. The number of benzene rings is 2. The molecule has 0 aliphatic rings. The van der Waals surface area contributed by atoms with Crippen LogP contribution in [0.2, 0.25) is 0 Å². The quantitative estimate of drug-likeness (QED) is 0.410. The molecule has 0 unspecified atom stereocenters. The van der Waals surface area contributed by atoms with Gasteiger partial charge in [-0.1, -0.05) is 6.07 Å². The van der Waals surface area contributed by atoms with Gasteiger partial charge in [0, 0.05) is 29.5 Å². The fourth-order valence-electron chi connectivity index (χ4n) is 3.21. The number of nitrogens with two attached hydrogens (primary N) is 1. The molecule has 7 nitrogen and oxygen atoms in total. The number of hydrogen-bond acceptors (Lipinski definition) is 6. The van der Waals surface area contributed by atoms with Gasteiger partial charge in [-0.3, -0.25) is 0 Å². The molecule has 0 spiro atoms. The maximum Gasteiger partial charge on any atom is 0.220 e. The number of imidazole rings is 1. The first-order valence-electron chi connectivity index (χ1n) is 8.60. The molecule has 136 valence electrons. The molecule has 3 heterocycles. The summed E-state index contributed by atoms with van der Waals surface area (Å²) in [6.07, 6.45) is 5.59. The number of aromatic nitrogens is 4. The number of rotatable bonds is 2. The summed E-state index contributed by atoms with van der Waals surface area (Å²) in [7, 11) is 0. The van der Waals surface area contributed by atoms with Gasteiger partial charge in [0.2, 0.25) is 5.95 Å². The predicted molar refractivity (Wildman–Crippen MR) is 107 cm³/mol. The Morgan fingerprint density at radius 1 is 0.786 bits per heavy atom. The number of nitrogens with zero attached hydrogens (tertiary/aromatic N) is 4. The van der Waals surface area contributed by atoms with Crippen LogP contribution in [0.1, 0.15) is 0 Å². The molecular formula is C21H15N5O2. The first-order chi connectivity index (χ1) is 13.6. The van der Waals surface area contributed by atoms with Crippen LogP contribution in [-0.4, -0.2) is 29.6 Å². The minimum atomic E-state index is -0.172. The van der Waals surface area contributed by atoms with E-state index in [2.05, 4.69) is 15.0 Å². The van der Waals surface area contributed by atoms with E-state index < -0.39 is 0 Å². The molecule has 0 atom stereocenters. The van der Waals surface area contributed by atoms with E-state index in [1.165, 1.54) is 12.1 Å². The monoisotopic (exact) mass is 369 g/mol. The van der Waals surface area contributed by atoms with Crippen molar-refractivity contribution < 1.29 is 10.2 Å². The van der Waals surface area contributed by atoms with E-state index in [9.17, 15) is 10.2 Å². The van der Waals surface area contributed by atoms with E-state index in [0.717, 1.165) is 33.2 Å². The third-order valence-corrected chi connectivity index (χ3v) is 4.65. The summed E-state index contributed by atoms with van der Waals surface area (Å²) in [5, 5.41) is 20.1. The highest BCUT2D eigenvalue weighted by atomic mass is 16.3. The summed E-state index contributed by atoms with van der Waals surface area (Å²) in [6.45, 7) is 0. The van der Waals surface area contributed by atoms with Gasteiger partial charge in [-0.2, -0.15) is 0 Å². The van der Waals surface area contributed by atoms with Gasteiger partial charge in [0.05, 0.1) is 11.2 Å². The van der Waals surface area contributed by atoms with Crippen LogP contribution in [0.5, 0.6) is 11.5 Å². The standard InChI is InChI=1S/C21H15N5O2/c22-21-23-9-15-7-12(1-4-16(15)25-21)14-3-6-20-24-17(11-26(20)10-14)13-2-5-18(27)19(28)8-13/h1-11,27-28H,(H2,22,23,25). The normalized spacial score (nSPS) is 11.3. The molecule has 0 aliphatic heterocycles. The zero-order valence-electron chi connectivity index (χ0n) is 14.6. The number of nitrogen functional groups attached to an aromatic ring is 1. The lowest BCUT2D eigenvalue weighted by Crippen LogP contribution is -1.94. The average molecular weight is 369 g/mol. The molecule has 0 saturated heterocycles. The van der Waals surface area contributed by atoms with E-state index >= 15 is 0 Å². The second-order valence-corrected chi connectivity index (χ2v) is 6.51. The largest absolute Gasteiger partial charge is 0.504 e. The van der Waals surface area contributed by atoms with E-state index in [1.54, 1.807) is 12.3 Å². The maximum atomic E-state index is 9.73. The molecule has 0 bridgehead atoms. The fourth-order valence-corrected chi connectivity index (χ4v) is 3.21. The van der Waals surface area contributed by atoms with Crippen LogP contribution >= 0.6 is 0 Å². The van der Waals surface area contributed by atoms with Crippen LogP contribution in [0.25, 0.3) is 38.9 Å². The Morgan fingerprint density at radius 3 is 2.46 bits per heavy atom. The van der Waals surface area contributed by atoms with Gasteiger partial charge in [0.15, 0.2) is 11.5 Å². The van der Waals surface area contributed by atoms with Crippen LogP contribution in [0.4, 0.5) is 5.95 Å². The lowest BCUT2D eigenvalue weighted by Gasteiger charge is -2.05. The fraction of sp³-hybridized carbons (Fsp3) is 0. The Morgan fingerprint density at radius 2 is 1.61 bits per heavy atom. The number of phenolic OH excluding ortho intramolecular Hbond substituents is 2. The van der Waals surface area contributed by atoms with Crippen molar-refractivity contribution in [3.05, 3.63) is 67.1 Å². The van der Waals surface area contributed by atoms with E-state index in [1.807, 2.05) is 47.1 Å². The van der Waals surface area contributed by atoms with Crippen molar-refractivity contribution in [2.45, 2.75) is 0 Å². The van der Waals surface area contributed by atoms with Crippen molar-refractivity contribution in [3.63, 3.8) is 0 Å². The molecule has 5 rings (SSSR count). The van der Waals surface area contributed by atoms with Gasteiger partial charge in [0.1, 0.15) is 5.65 Å². The third-order valence-electron chi connectivity index (χ3n) is 4.65.